The Morgan fingerprint density at radius 2 is 1.96 bits per heavy atom. The van der Waals surface area contributed by atoms with Crippen LogP contribution in [0.1, 0.15) is 46.0 Å². The van der Waals surface area contributed by atoms with Gasteiger partial charge in [0.25, 0.3) is 0 Å². The molecule has 2 fully saturated rings. The standard InChI is InChI=1S/C20H31N3O2/c1-3-20(4-2)16-17(25-19(20)24)8-7-11-22-12-14-23(15-13-22)18-9-5-6-10-21-18/h5-6,9-10,17H,3-4,7-8,11-16H2,1-2H3/t17-/m0/s1. The van der Waals surface area contributed by atoms with Crippen molar-refractivity contribution in [3.8, 4) is 0 Å². The molecule has 2 saturated heterocycles. The van der Waals surface area contributed by atoms with E-state index in [0.717, 1.165) is 70.6 Å². The van der Waals surface area contributed by atoms with E-state index in [1.807, 2.05) is 18.3 Å². The van der Waals surface area contributed by atoms with Crippen LogP contribution in [-0.2, 0) is 9.53 Å². The number of hydrogen-bond acceptors (Lipinski definition) is 5. The van der Waals surface area contributed by atoms with Crippen molar-refractivity contribution in [2.24, 2.45) is 5.41 Å². The van der Waals surface area contributed by atoms with Crippen LogP contribution in [0.4, 0.5) is 5.82 Å². The topological polar surface area (TPSA) is 45.7 Å². The van der Waals surface area contributed by atoms with Crippen LogP contribution < -0.4 is 4.90 Å². The molecule has 1 atom stereocenters. The zero-order valence-corrected chi connectivity index (χ0v) is 15.6. The smallest absolute Gasteiger partial charge is 0.312 e. The van der Waals surface area contributed by atoms with Crippen molar-refractivity contribution in [1.29, 1.82) is 0 Å². The van der Waals surface area contributed by atoms with E-state index in [4.69, 9.17) is 4.74 Å². The van der Waals surface area contributed by atoms with Crippen molar-refractivity contribution in [1.82, 2.24) is 9.88 Å². The number of anilines is 1. The maximum Gasteiger partial charge on any atom is 0.312 e. The summed E-state index contributed by atoms with van der Waals surface area (Å²) in [6, 6.07) is 6.09. The van der Waals surface area contributed by atoms with Gasteiger partial charge in [0.05, 0.1) is 5.41 Å². The molecule has 2 aliphatic heterocycles. The quantitative estimate of drug-likeness (QED) is 0.711. The number of carbonyl (C=O) groups excluding carboxylic acids is 1. The van der Waals surface area contributed by atoms with Crippen LogP contribution in [0, 0.1) is 5.41 Å². The summed E-state index contributed by atoms with van der Waals surface area (Å²) in [5, 5.41) is 0. The fraction of sp³-hybridized carbons (Fsp3) is 0.700. The van der Waals surface area contributed by atoms with Gasteiger partial charge in [-0.2, -0.15) is 0 Å². The summed E-state index contributed by atoms with van der Waals surface area (Å²) in [6.45, 7) is 9.52. The molecule has 1 aromatic rings. The minimum atomic E-state index is -0.209. The van der Waals surface area contributed by atoms with Crippen LogP contribution in [-0.4, -0.2) is 54.7 Å². The molecule has 5 nitrogen and oxygen atoms in total. The zero-order chi connectivity index (χ0) is 17.7. The van der Waals surface area contributed by atoms with Crippen LogP contribution in [0.5, 0.6) is 0 Å². The number of rotatable bonds is 7. The van der Waals surface area contributed by atoms with E-state index in [2.05, 4.69) is 34.7 Å². The molecule has 0 unspecified atom stereocenters. The number of esters is 1. The van der Waals surface area contributed by atoms with Gasteiger partial charge in [0.1, 0.15) is 11.9 Å². The Hall–Kier alpha value is -1.62. The van der Waals surface area contributed by atoms with Crippen molar-refractivity contribution in [3.05, 3.63) is 24.4 Å². The first-order valence-corrected chi connectivity index (χ1v) is 9.76. The fourth-order valence-electron chi connectivity index (χ4n) is 4.11. The van der Waals surface area contributed by atoms with Gasteiger partial charge in [0, 0.05) is 38.8 Å². The summed E-state index contributed by atoms with van der Waals surface area (Å²) in [5.41, 5.74) is -0.209. The largest absolute Gasteiger partial charge is 0.462 e. The lowest BCUT2D eigenvalue weighted by Gasteiger charge is -2.35. The van der Waals surface area contributed by atoms with Gasteiger partial charge in [-0.05, 0) is 44.4 Å². The monoisotopic (exact) mass is 345 g/mol. The van der Waals surface area contributed by atoms with E-state index in [0.29, 0.717) is 0 Å². The maximum atomic E-state index is 12.2. The SMILES string of the molecule is CCC1(CC)C[C@H](CCCN2CCN(c3ccccn3)CC2)OC1=O. The minimum Gasteiger partial charge on any atom is -0.462 e. The average Bonchev–Trinajstić information content (AvgIpc) is 2.99. The number of ether oxygens (including phenoxy) is 1. The number of cyclic esters (lactones) is 1. The molecule has 0 amide bonds. The number of carbonyl (C=O) groups is 1. The summed E-state index contributed by atoms with van der Waals surface area (Å²) in [4.78, 5) is 21.5. The first kappa shape index (κ1) is 18.2. The summed E-state index contributed by atoms with van der Waals surface area (Å²) in [7, 11) is 0. The van der Waals surface area contributed by atoms with Gasteiger partial charge in [0.15, 0.2) is 0 Å². The van der Waals surface area contributed by atoms with Gasteiger partial charge >= 0.3 is 5.97 Å². The second kappa shape index (κ2) is 8.17. The zero-order valence-electron chi connectivity index (χ0n) is 15.6. The molecule has 5 heteroatoms. The number of nitrogens with zero attached hydrogens (tertiary/aromatic N) is 3. The van der Waals surface area contributed by atoms with E-state index >= 15 is 0 Å². The normalized spacial score (nSPS) is 23.7. The summed E-state index contributed by atoms with van der Waals surface area (Å²) in [5.74, 6) is 1.11. The van der Waals surface area contributed by atoms with Crippen LogP contribution in [0.3, 0.4) is 0 Å². The lowest BCUT2D eigenvalue weighted by atomic mass is 9.79. The molecule has 1 aromatic heterocycles. The highest BCUT2D eigenvalue weighted by molar-refractivity contribution is 5.78. The number of hydrogen-bond donors (Lipinski definition) is 0. The Morgan fingerprint density at radius 3 is 2.56 bits per heavy atom. The van der Waals surface area contributed by atoms with E-state index in [9.17, 15) is 4.79 Å². The van der Waals surface area contributed by atoms with Gasteiger partial charge in [0.2, 0.25) is 0 Å². The molecule has 2 aliphatic rings. The van der Waals surface area contributed by atoms with Gasteiger partial charge < -0.3 is 9.64 Å². The first-order chi connectivity index (χ1) is 12.2. The molecule has 0 spiro atoms. The van der Waals surface area contributed by atoms with Gasteiger partial charge in [-0.1, -0.05) is 19.9 Å². The van der Waals surface area contributed by atoms with E-state index in [1.165, 1.54) is 0 Å². The predicted octanol–water partition coefficient (Wildman–Crippen LogP) is 3.11. The Bertz CT molecular complexity index is 551. The summed E-state index contributed by atoms with van der Waals surface area (Å²) in [6.07, 6.45) is 6.78. The highest BCUT2D eigenvalue weighted by Gasteiger charge is 2.45. The summed E-state index contributed by atoms with van der Waals surface area (Å²) < 4.78 is 5.65. The van der Waals surface area contributed by atoms with E-state index < -0.39 is 0 Å². The molecule has 0 aromatic carbocycles. The van der Waals surface area contributed by atoms with Crippen molar-refractivity contribution in [2.75, 3.05) is 37.6 Å². The molecule has 25 heavy (non-hydrogen) atoms. The lowest BCUT2D eigenvalue weighted by Crippen LogP contribution is -2.47. The van der Waals surface area contributed by atoms with E-state index in [-0.39, 0.29) is 17.5 Å². The minimum absolute atomic E-state index is 0.0338. The highest BCUT2D eigenvalue weighted by atomic mass is 16.6. The third-order valence-electron chi connectivity index (χ3n) is 6.02. The number of piperazine rings is 1. The Balaban J connectivity index is 1.38. The molecule has 138 valence electrons. The third kappa shape index (κ3) is 4.14. The number of aromatic nitrogens is 1. The van der Waals surface area contributed by atoms with Crippen molar-refractivity contribution < 1.29 is 9.53 Å². The van der Waals surface area contributed by atoms with Crippen LogP contribution in [0.25, 0.3) is 0 Å². The average molecular weight is 345 g/mol. The molecule has 0 radical (unpaired) electrons. The third-order valence-corrected chi connectivity index (χ3v) is 6.02. The van der Waals surface area contributed by atoms with E-state index in [1.54, 1.807) is 0 Å². The Morgan fingerprint density at radius 1 is 1.20 bits per heavy atom. The van der Waals surface area contributed by atoms with Crippen LogP contribution in [0.2, 0.25) is 0 Å². The van der Waals surface area contributed by atoms with Crippen LogP contribution in [0.15, 0.2) is 24.4 Å². The Labute approximate surface area is 151 Å². The predicted molar refractivity (Wildman–Crippen MR) is 99.6 cm³/mol. The molecule has 0 N–H and O–H groups in total. The molecule has 0 saturated carbocycles. The Kier molecular flexibility index (Phi) is 5.94. The van der Waals surface area contributed by atoms with Gasteiger partial charge in [-0.25, -0.2) is 4.98 Å². The van der Waals surface area contributed by atoms with Gasteiger partial charge in [-0.3, -0.25) is 9.69 Å². The fourth-order valence-corrected chi connectivity index (χ4v) is 4.11. The molecular formula is C20H31N3O2. The molecule has 0 bridgehead atoms. The lowest BCUT2D eigenvalue weighted by molar-refractivity contribution is -0.149. The maximum absolute atomic E-state index is 12.2. The highest BCUT2D eigenvalue weighted by Crippen LogP contribution is 2.41. The second-order valence-electron chi connectivity index (χ2n) is 7.38. The van der Waals surface area contributed by atoms with Gasteiger partial charge in [-0.15, -0.1) is 0 Å². The second-order valence-corrected chi connectivity index (χ2v) is 7.38. The van der Waals surface area contributed by atoms with Crippen molar-refractivity contribution in [3.63, 3.8) is 0 Å². The molecule has 0 aliphatic carbocycles. The molecule has 3 heterocycles. The van der Waals surface area contributed by atoms with Crippen molar-refractivity contribution in [2.45, 2.75) is 52.1 Å². The number of pyridine rings is 1. The van der Waals surface area contributed by atoms with Crippen LogP contribution >= 0.6 is 0 Å². The summed E-state index contributed by atoms with van der Waals surface area (Å²) >= 11 is 0. The first-order valence-electron chi connectivity index (χ1n) is 9.76. The molecular weight excluding hydrogens is 314 g/mol. The van der Waals surface area contributed by atoms with Crippen molar-refractivity contribution >= 4 is 11.8 Å². The molecule has 3 rings (SSSR count).